The van der Waals surface area contributed by atoms with Gasteiger partial charge in [0.1, 0.15) is 6.04 Å². The van der Waals surface area contributed by atoms with Crippen LogP contribution in [0.2, 0.25) is 5.02 Å². The number of nitrogens with zero attached hydrogens (tertiary/aromatic N) is 2. The van der Waals surface area contributed by atoms with E-state index in [-0.39, 0.29) is 6.42 Å². The van der Waals surface area contributed by atoms with Gasteiger partial charge < -0.3 is 10.2 Å². The van der Waals surface area contributed by atoms with Gasteiger partial charge in [-0.15, -0.1) is 0 Å². The fourth-order valence-corrected chi connectivity index (χ4v) is 3.11. The second-order valence-corrected chi connectivity index (χ2v) is 6.02. The number of para-hydroxylation sites is 1. The average Bonchev–Trinajstić information content (AvgIpc) is 2.50. The summed E-state index contributed by atoms with van der Waals surface area (Å²) in [4.78, 5) is 17.8. The van der Waals surface area contributed by atoms with Crippen molar-refractivity contribution in [2.45, 2.75) is 31.5 Å². The van der Waals surface area contributed by atoms with Crippen LogP contribution in [0.15, 0.2) is 30.3 Å². The van der Waals surface area contributed by atoms with Gasteiger partial charge in [-0.3, -0.25) is 9.69 Å². The maximum Gasteiger partial charge on any atom is 0.321 e. The van der Waals surface area contributed by atoms with E-state index < -0.39 is 18.1 Å². The molecule has 2 heterocycles. The number of rotatable bonds is 3. The Bertz CT molecular complexity index is 707. The number of benzene rings is 1. The molecular formula is C16H17ClN2O3. The molecule has 0 bridgehead atoms. The Morgan fingerprint density at radius 3 is 2.95 bits per heavy atom. The summed E-state index contributed by atoms with van der Waals surface area (Å²) in [6.07, 6.45) is 0.290. The molecule has 5 nitrogen and oxygen atoms in total. The molecule has 22 heavy (non-hydrogen) atoms. The molecule has 1 aromatic heterocycles. The summed E-state index contributed by atoms with van der Waals surface area (Å²) in [6.45, 7) is 0.977. The van der Waals surface area contributed by atoms with Crippen molar-refractivity contribution in [3.8, 4) is 0 Å². The van der Waals surface area contributed by atoms with Crippen LogP contribution in [0.5, 0.6) is 0 Å². The third kappa shape index (κ3) is 3.06. The normalized spacial score (nSPS) is 22.8. The number of likely N-dealkylation sites (tertiary alicyclic amines) is 1. The third-order valence-electron chi connectivity index (χ3n) is 4.06. The van der Waals surface area contributed by atoms with Crippen molar-refractivity contribution in [1.82, 2.24) is 9.88 Å². The molecule has 0 spiro atoms. The highest BCUT2D eigenvalue weighted by Crippen LogP contribution is 2.24. The zero-order valence-electron chi connectivity index (χ0n) is 11.9. The Morgan fingerprint density at radius 2 is 2.18 bits per heavy atom. The van der Waals surface area contributed by atoms with Crippen LogP contribution < -0.4 is 0 Å². The molecule has 1 aromatic carbocycles. The lowest BCUT2D eigenvalue weighted by Gasteiger charge is -2.35. The number of aliphatic hydroxyl groups excluding tert-OH is 1. The molecule has 1 aliphatic rings. The minimum Gasteiger partial charge on any atom is -0.480 e. The zero-order chi connectivity index (χ0) is 15.7. The van der Waals surface area contributed by atoms with Gasteiger partial charge in [0.2, 0.25) is 0 Å². The van der Waals surface area contributed by atoms with Crippen molar-refractivity contribution in [2.24, 2.45) is 0 Å². The average molecular weight is 321 g/mol. The van der Waals surface area contributed by atoms with Crippen molar-refractivity contribution in [1.29, 1.82) is 0 Å². The highest BCUT2D eigenvalue weighted by atomic mass is 35.5. The quantitative estimate of drug-likeness (QED) is 0.907. The Balaban J connectivity index is 1.85. The van der Waals surface area contributed by atoms with E-state index in [2.05, 4.69) is 4.98 Å². The van der Waals surface area contributed by atoms with E-state index in [1.807, 2.05) is 29.2 Å². The second kappa shape index (κ2) is 6.20. The van der Waals surface area contributed by atoms with Crippen LogP contribution in [0.3, 0.4) is 0 Å². The Kier molecular flexibility index (Phi) is 4.29. The van der Waals surface area contributed by atoms with Crippen LogP contribution in [0.1, 0.15) is 18.5 Å². The predicted octanol–water partition coefficient (Wildman–Crippen LogP) is 2.30. The van der Waals surface area contributed by atoms with Crippen molar-refractivity contribution >= 4 is 28.5 Å². The van der Waals surface area contributed by atoms with E-state index >= 15 is 0 Å². The molecule has 0 saturated carbocycles. The van der Waals surface area contributed by atoms with Gasteiger partial charge in [-0.2, -0.15) is 0 Å². The van der Waals surface area contributed by atoms with Crippen LogP contribution in [-0.4, -0.2) is 44.8 Å². The monoisotopic (exact) mass is 320 g/mol. The van der Waals surface area contributed by atoms with E-state index in [0.29, 0.717) is 24.5 Å². The molecule has 2 atom stereocenters. The number of halogens is 1. The molecule has 0 aliphatic carbocycles. The molecule has 1 saturated heterocycles. The van der Waals surface area contributed by atoms with Gasteiger partial charge in [0.25, 0.3) is 0 Å². The summed E-state index contributed by atoms with van der Waals surface area (Å²) in [5.41, 5.74) is 1.51. The SMILES string of the molecule is O=C(O)[C@H]1C[C@@H](O)CCN1Cc1ccc2cccc(Cl)c2n1. The summed E-state index contributed by atoms with van der Waals surface area (Å²) in [6, 6.07) is 8.76. The number of carbonyl (C=O) groups is 1. The second-order valence-electron chi connectivity index (χ2n) is 5.62. The summed E-state index contributed by atoms with van der Waals surface area (Å²) in [5.74, 6) is -0.905. The lowest BCUT2D eigenvalue weighted by atomic mass is 9.99. The van der Waals surface area contributed by atoms with Gasteiger partial charge in [-0.1, -0.05) is 29.8 Å². The van der Waals surface area contributed by atoms with E-state index in [1.54, 1.807) is 6.07 Å². The summed E-state index contributed by atoms with van der Waals surface area (Å²) in [7, 11) is 0. The number of carboxylic acids is 1. The van der Waals surface area contributed by atoms with Crippen molar-refractivity contribution in [2.75, 3.05) is 6.54 Å². The van der Waals surface area contributed by atoms with Crippen LogP contribution in [0.25, 0.3) is 10.9 Å². The smallest absolute Gasteiger partial charge is 0.321 e. The van der Waals surface area contributed by atoms with E-state index in [9.17, 15) is 15.0 Å². The Labute approximate surface area is 133 Å². The first-order chi connectivity index (χ1) is 10.5. The number of aromatic nitrogens is 1. The Hall–Kier alpha value is -1.69. The summed E-state index contributed by atoms with van der Waals surface area (Å²) < 4.78 is 0. The van der Waals surface area contributed by atoms with Crippen molar-refractivity contribution in [3.05, 3.63) is 41.0 Å². The van der Waals surface area contributed by atoms with Gasteiger partial charge in [0, 0.05) is 18.5 Å². The molecule has 0 amide bonds. The number of hydrogen-bond acceptors (Lipinski definition) is 4. The first-order valence-corrected chi connectivity index (χ1v) is 7.61. The fraction of sp³-hybridized carbons (Fsp3) is 0.375. The van der Waals surface area contributed by atoms with Gasteiger partial charge in [-0.05, 0) is 25.0 Å². The van der Waals surface area contributed by atoms with E-state index in [1.165, 1.54) is 0 Å². The lowest BCUT2D eigenvalue weighted by molar-refractivity contribution is -0.147. The summed E-state index contributed by atoms with van der Waals surface area (Å²) >= 11 is 6.17. The third-order valence-corrected chi connectivity index (χ3v) is 4.37. The maximum atomic E-state index is 11.4. The van der Waals surface area contributed by atoms with Crippen LogP contribution in [0, 0.1) is 0 Å². The number of aliphatic carboxylic acids is 1. The highest BCUT2D eigenvalue weighted by Gasteiger charge is 2.32. The number of carboxylic acid groups (broad SMARTS) is 1. The molecule has 116 valence electrons. The van der Waals surface area contributed by atoms with Crippen LogP contribution >= 0.6 is 11.6 Å². The maximum absolute atomic E-state index is 11.4. The summed E-state index contributed by atoms with van der Waals surface area (Å²) in [5, 5.41) is 20.5. The molecule has 0 unspecified atom stereocenters. The predicted molar refractivity (Wildman–Crippen MR) is 83.8 cm³/mol. The van der Waals surface area contributed by atoms with Gasteiger partial charge >= 0.3 is 5.97 Å². The van der Waals surface area contributed by atoms with Gasteiger partial charge in [-0.25, -0.2) is 4.98 Å². The zero-order valence-corrected chi connectivity index (χ0v) is 12.7. The van der Waals surface area contributed by atoms with Gasteiger partial charge in [0.05, 0.1) is 22.3 Å². The molecular weight excluding hydrogens is 304 g/mol. The fourth-order valence-electron chi connectivity index (χ4n) is 2.89. The standard InChI is InChI=1S/C16H17ClN2O3/c17-13-3-1-2-10-4-5-11(18-15(10)13)9-19-7-6-12(20)8-14(19)16(21)22/h1-5,12,14,20H,6-9H2,(H,21,22)/t12-,14+/m0/s1. The lowest BCUT2D eigenvalue weighted by Crippen LogP contribution is -2.48. The molecule has 6 heteroatoms. The van der Waals surface area contributed by atoms with Crippen LogP contribution in [0.4, 0.5) is 0 Å². The van der Waals surface area contributed by atoms with Crippen molar-refractivity contribution in [3.63, 3.8) is 0 Å². The minimum atomic E-state index is -0.905. The number of piperidine rings is 1. The van der Waals surface area contributed by atoms with Crippen molar-refractivity contribution < 1.29 is 15.0 Å². The first-order valence-electron chi connectivity index (χ1n) is 7.23. The molecule has 2 aromatic rings. The number of aliphatic hydroxyl groups is 1. The molecule has 1 aliphatic heterocycles. The molecule has 3 rings (SSSR count). The first kappa shape index (κ1) is 15.2. The number of fused-ring (bicyclic) bond motifs is 1. The van der Waals surface area contributed by atoms with Crippen LogP contribution in [-0.2, 0) is 11.3 Å². The topological polar surface area (TPSA) is 73.7 Å². The number of pyridine rings is 1. The number of hydrogen-bond donors (Lipinski definition) is 2. The highest BCUT2D eigenvalue weighted by molar-refractivity contribution is 6.35. The molecule has 0 radical (unpaired) electrons. The molecule has 1 fully saturated rings. The molecule has 2 N–H and O–H groups in total. The van der Waals surface area contributed by atoms with E-state index in [0.717, 1.165) is 16.6 Å². The Morgan fingerprint density at radius 1 is 1.36 bits per heavy atom. The van der Waals surface area contributed by atoms with E-state index in [4.69, 9.17) is 11.6 Å². The largest absolute Gasteiger partial charge is 0.480 e. The van der Waals surface area contributed by atoms with Gasteiger partial charge in [0.15, 0.2) is 0 Å². The minimum absolute atomic E-state index is 0.254.